The molecule has 0 aliphatic rings. The van der Waals surface area contributed by atoms with E-state index in [1.165, 1.54) is 0 Å². The lowest BCUT2D eigenvalue weighted by molar-refractivity contribution is -0.384. The Hall–Kier alpha value is -2.45. The van der Waals surface area contributed by atoms with Crippen LogP contribution in [0.25, 0.3) is 5.69 Å². The van der Waals surface area contributed by atoms with Crippen LogP contribution in [0.2, 0.25) is 0 Å². The van der Waals surface area contributed by atoms with Crippen LogP contribution in [0, 0.1) is 15.9 Å². The largest absolute Gasteiger partial charge is 0.419 e. The summed E-state index contributed by atoms with van der Waals surface area (Å²) < 4.78 is 50.8. The summed E-state index contributed by atoms with van der Waals surface area (Å²) in [5.41, 5.74) is -1.97. The monoisotopic (exact) mass is 275 g/mol. The van der Waals surface area contributed by atoms with Crippen LogP contribution in [0.1, 0.15) is 5.56 Å². The second kappa shape index (κ2) is 4.34. The van der Waals surface area contributed by atoms with Crippen LogP contribution in [-0.4, -0.2) is 14.7 Å². The fraction of sp³-hybridized carbons (Fsp3) is 0.100. The quantitative estimate of drug-likeness (QED) is 0.481. The van der Waals surface area contributed by atoms with Gasteiger partial charge in [0.1, 0.15) is 11.5 Å². The van der Waals surface area contributed by atoms with Gasteiger partial charge in [0.25, 0.3) is 5.69 Å². The number of aromatic nitrogens is 2. The van der Waals surface area contributed by atoms with Crippen molar-refractivity contribution >= 4 is 5.69 Å². The highest BCUT2D eigenvalue weighted by atomic mass is 19.4. The third-order valence-electron chi connectivity index (χ3n) is 2.29. The van der Waals surface area contributed by atoms with E-state index in [0.717, 1.165) is 12.1 Å². The van der Waals surface area contributed by atoms with Crippen molar-refractivity contribution < 1.29 is 22.5 Å². The molecule has 0 spiro atoms. The van der Waals surface area contributed by atoms with Gasteiger partial charge in [0.2, 0.25) is 0 Å². The molecule has 0 amide bonds. The Labute approximate surface area is 103 Å². The average molecular weight is 275 g/mol. The topological polar surface area (TPSA) is 61.0 Å². The van der Waals surface area contributed by atoms with E-state index in [0.29, 0.717) is 23.1 Å². The van der Waals surface area contributed by atoms with Gasteiger partial charge in [-0.2, -0.15) is 18.3 Å². The Morgan fingerprint density at radius 1 is 1.32 bits per heavy atom. The number of nitro groups is 1. The zero-order valence-electron chi connectivity index (χ0n) is 9.06. The number of nitro benzene ring substituents is 1. The second-order valence-corrected chi connectivity index (χ2v) is 3.56. The van der Waals surface area contributed by atoms with E-state index < -0.39 is 28.2 Å². The van der Waals surface area contributed by atoms with Crippen LogP contribution in [0.4, 0.5) is 23.2 Å². The fourth-order valence-corrected chi connectivity index (χ4v) is 1.44. The molecule has 2 rings (SSSR count). The highest BCUT2D eigenvalue weighted by Crippen LogP contribution is 2.30. The van der Waals surface area contributed by atoms with Gasteiger partial charge in [-0.25, -0.2) is 9.07 Å². The molecule has 0 unspecified atom stereocenters. The molecule has 0 fully saturated rings. The van der Waals surface area contributed by atoms with Gasteiger partial charge in [0, 0.05) is 6.20 Å². The molecule has 0 atom stereocenters. The molecule has 1 aromatic heterocycles. The number of benzene rings is 1. The van der Waals surface area contributed by atoms with Gasteiger partial charge in [0.05, 0.1) is 22.7 Å². The van der Waals surface area contributed by atoms with Gasteiger partial charge < -0.3 is 0 Å². The van der Waals surface area contributed by atoms with Gasteiger partial charge in [-0.05, 0) is 12.1 Å². The summed E-state index contributed by atoms with van der Waals surface area (Å²) in [5.74, 6) is -0.862. The molecular formula is C10H5F4N3O2. The molecule has 0 radical (unpaired) electrons. The first-order valence-electron chi connectivity index (χ1n) is 4.85. The normalized spacial score (nSPS) is 11.6. The molecule has 100 valence electrons. The predicted octanol–water partition coefficient (Wildman–Crippen LogP) is 2.94. The van der Waals surface area contributed by atoms with Crippen molar-refractivity contribution in [2.24, 2.45) is 0 Å². The molecule has 0 aliphatic heterocycles. The minimum atomic E-state index is -4.60. The number of hydrogen-bond acceptors (Lipinski definition) is 3. The SMILES string of the molecule is O=[N+]([O-])c1cc(F)ccc1-n1cc(C(F)(F)F)cn1. The summed E-state index contributed by atoms with van der Waals surface area (Å²) in [4.78, 5) is 9.83. The van der Waals surface area contributed by atoms with Crippen molar-refractivity contribution in [3.63, 3.8) is 0 Å². The highest BCUT2D eigenvalue weighted by molar-refractivity contribution is 5.52. The standard InChI is InChI=1S/C10H5F4N3O2/c11-7-1-2-8(9(3-7)17(18)19)16-5-6(4-15-16)10(12,13)14/h1-5H. The molecule has 0 saturated heterocycles. The summed E-state index contributed by atoms with van der Waals surface area (Å²) in [7, 11) is 0. The molecule has 5 nitrogen and oxygen atoms in total. The zero-order chi connectivity index (χ0) is 14.2. The van der Waals surface area contributed by atoms with E-state index in [4.69, 9.17) is 0 Å². The van der Waals surface area contributed by atoms with E-state index >= 15 is 0 Å². The Balaban J connectivity index is 2.53. The second-order valence-electron chi connectivity index (χ2n) is 3.56. The third kappa shape index (κ3) is 2.54. The minimum absolute atomic E-state index is 0.248. The lowest BCUT2D eigenvalue weighted by atomic mass is 10.2. The van der Waals surface area contributed by atoms with E-state index in [1.54, 1.807) is 0 Å². The number of rotatable bonds is 2. The van der Waals surface area contributed by atoms with Gasteiger partial charge in [-0.1, -0.05) is 0 Å². The Bertz CT molecular complexity index is 636. The van der Waals surface area contributed by atoms with E-state index in [-0.39, 0.29) is 5.69 Å². The lowest BCUT2D eigenvalue weighted by Gasteiger charge is -2.03. The zero-order valence-corrected chi connectivity index (χ0v) is 9.06. The first-order valence-corrected chi connectivity index (χ1v) is 4.85. The Morgan fingerprint density at radius 3 is 2.53 bits per heavy atom. The predicted molar refractivity (Wildman–Crippen MR) is 55.2 cm³/mol. The Morgan fingerprint density at radius 2 is 2.00 bits per heavy atom. The fourth-order valence-electron chi connectivity index (χ4n) is 1.44. The van der Waals surface area contributed by atoms with Crippen LogP contribution < -0.4 is 0 Å². The lowest BCUT2D eigenvalue weighted by Crippen LogP contribution is -2.04. The van der Waals surface area contributed by atoms with Crippen LogP contribution >= 0.6 is 0 Å². The summed E-state index contributed by atoms with van der Waals surface area (Å²) >= 11 is 0. The maximum absolute atomic E-state index is 12.9. The van der Waals surface area contributed by atoms with Crippen LogP contribution in [0.3, 0.4) is 0 Å². The average Bonchev–Trinajstić information content (AvgIpc) is 2.77. The van der Waals surface area contributed by atoms with Crippen LogP contribution in [-0.2, 0) is 6.18 Å². The van der Waals surface area contributed by atoms with E-state index in [1.807, 2.05) is 0 Å². The van der Waals surface area contributed by atoms with E-state index in [9.17, 15) is 27.7 Å². The molecule has 19 heavy (non-hydrogen) atoms. The smallest absolute Gasteiger partial charge is 0.258 e. The molecule has 0 bridgehead atoms. The number of halogens is 4. The first-order chi connectivity index (χ1) is 8.79. The van der Waals surface area contributed by atoms with Crippen molar-refractivity contribution in [1.29, 1.82) is 0 Å². The Kier molecular flexibility index (Phi) is 2.97. The highest BCUT2D eigenvalue weighted by Gasteiger charge is 2.32. The van der Waals surface area contributed by atoms with Crippen LogP contribution in [0.5, 0.6) is 0 Å². The van der Waals surface area contributed by atoms with Crippen molar-refractivity contribution in [2.75, 3.05) is 0 Å². The molecule has 0 saturated carbocycles. The van der Waals surface area contributed by atoms with E-state index in [2.05, 4.69) is 5.10 Å². The molecule has 0 N–H and O–H groups in total. The van der Waals surface area contributed by atoms with Gasteiger partial charge in [0.15, 0.2) is 0 Å². The summed E-state index contributed by atoms with van der Waals surface area (Å²) in [6, 6.07) is 2.50. The van der Waals surface area contributed by atoms with Crippen molar-refractivity contribution in [3.05, 3.63) is 52.1 Å². The van der Waals surface area contributed by atoms with Crippen molar-refractivity contribution in [1.82, 2.24) is 9.78 Å². The molecule has 1 heterocycles. The molecule has 1 aromatic carbocycles. The maximum atomic E-state index is 12.9. The molecule has 2 aromatic rings. The maximum Gasteiger partial charge on any atom is 0.419 e. The van der Waals surface area contributed by atoms with Crippen LogP contribution in [0.15, 0.2) is 30.6 Å². The van der Waals surface area contributed by atoms with Gasteiger partial charge in [-0.15, -0.1) is 0 Å². The molecule has 9 heteroatoms. The molecular weight excluding hydrogens is 270 g/mol. The van der Waals surface area contributed by atoms with Gasteiger partial charge in [-0.3, -0.25) is 10.1 Å². The molecule has 0 aliphatic carbocycles. The summed E-state index contributed by atoms with van der Waals surface area (Å²) in [6.45, 7) is 0. The van der Waals surface area contributed by atoms with Crippen molar-refractivity contribution in [2.45, 2.75) is 6.18 Å². The number of alkyl halides is 3. The minimum Gasteiger partial charge on any atom is -0.258 e. The van der Waals surface area contributed by atoms with Gasteiger partial charge >= 0.3 is 6.18 Å². The first kappa shape index (κ1) is 13.0. The van der Waals surface area contributed by atoms with Crippen molar-refractivity contribution in [3.8, 4) is 5.69 Å². The number of nitrogens with zero attached hydrogens (tertiary/aromatic N) is 3. The summed E-state index contributed by atoms with van der Waals surface area (Å²) in [5, 5.41) is 14.1. The summed E-state index contributed by atoms with van der Waals surface area (Å²) in [6.07, 6.45) is -3.47. The number of hydrogen-bond donors (Lipinski definition) is 0. The third-order valence-corrected chi connectivity index (χ3v) is 2.29.